The predicted octanol–water partition coefficient (Wildman–Crippen LogP) is 0.575. The van der Waals surface area contributed by atoms with Crippen LogP contribution in [0.4, 0.5) is 0 Å². The second kappa shape index (κ2) is 6.08. The molecule has 0 aliphatic carbocycles. The number of likely N-dealkylation sites (N-methyl/N-ethyl adjacent to an activating group) is 2. The average molecular weight is 214 g/mol. The Morgan fingerprint density at radius 1 is 1.60 bits per heavy atom. The molecule has 1 rings (SSSR count). The minimum Gasteiger partial charge on any atom is -0.372 e. The number of carbonyl (C=O) groups excluding carboxylic acids is 1. The summed E-state index contributed by atoms with van der Waals surface area (Å²) in [5.74, 6) is 0.0946. The smallest absolute Gasteiger partial charge is 0.248 e. The highest BCUT2D eigenvalue weighted by Gasteiger charge is 2.24. The highest BCUT2D eigenvalue weighted by Crippen LogP contribution is 2.13. The van der Waals surface area contributed by atoms with Crippen molar-refractivity contribution < 1.29 is 9.53 Å². The van der Waals surface area contributed by atoms with Crippen LogP contribution >= 0.6 is 0 Å². The van der Waals surface area contributed by atoms with Crippen LogP contribution in [0.2, 0.25) is 0 Å². The molecule has 1 fully saturated rings. The van der Waals surface area contributed by atoms with Gasteiger partial charge in [-0.3, -0.25) is 4.79 Å². The molecule has 0 aromatic heterocycles. The van der Waals surface area contributed by atoms with Gasteiger partial charge in [0, 0.05) is 26.2 Å². The standard InChI is InChI=1S/C11H22N2O2/c1-4-15-9-11(14)13(3)10-6-5-7-12(2)8-10/h10H,4-9H2,1-3H3. The zero-order chi connectivity index (χ0) is 11.3. The number of likely N-dealkylation sites (tertiary alicyclic amines) is 1. The van der Waals surface area contributed by atoms with E-state index < -0.39 is 0 Å². The van der Waals surface area contributed by atoms with Gasteiger partial charge in [0.25, 0.3) is 0 Å². The van der Waals surface area contributed by atoms with Crippen LogP contribution < -0.4 is 0 Å². The molecule has 1 saturated heterocycles. The monoisotopic (exact) mass is 214 g/mol. The third-order valence-corrected chi connectivity index (χ3v) is 2.97. The first-order valence-corrected chi connectivity index (χ1v) is 5.67. The Labute approximate surface area is 92.2 Å². The predicted molar refractivity (Wildman–Crippen MR) is 59.8 cm³/mol. The van der Waals surface area contributed by atoms with Crippen LogP contribution in [-0.4, -0.2) is 62.1 Å². The maximum Gasteiger partial charge on any atom is 0.248 e. The maximum atomic E-state index is 11.7. The number of carbonyl (C=O) groups is 1. The molecular weight excluding hydrogens is 192 g/mol. The Bertz CT molecular complexity index is 209. The zero-order valence-corrected chi connectivity index (χ0v) is 10.0. The molecule has 1 atom stereocenters. The summed E-state index contributed by atoms with van der Waals surface area (Å²) in [5.41, 5.74) is 0. The van der Waals surface area contributed by atoms with Crippen LogP contribution in [-0.2, 0) is 9.53 Å². The Hall–Kier alpha value is -0.610. The highest BCUT2D eigenvalue weighted by atomic mass is 16.5. The third kappa shape index (κ3) is 3.80. The molecule has 1 aliphatic heterocycles. The lowest BCUT2D eigenvalue weighted by molar-refractivity contribution is -0.137. The van der Waals surface area contributed by atoms with E-state index in [9.17, 15) is 4.79 Å². The fourth-order valence-corrected chi connectivity index (χ4v) is 1.95. The number of hydrogen-bond acceptors (Lipinski definition) is 3. The Balaban J connectivity index is 2.37. The van der Waals surface area contributed by atoms with E-state index in [0.29, 0.717) is 12.6 Å². The first kappa shape index (κ1) is 12.5. The summed E-state index contributed by atoms with van der Waals surface area (Å²) in [5, 5.41) is 0. The fraction of sp³-hybridized carbons (Fsp3) is 0.909. The fourth-order valence-electron chi connectivity index (χ4n) is 1.95. The maximum absolute atomic E-state index is 11.7. The summed E-state index contributed by atoms with van der Waals surface area (Å²) in [6, 6.07) is 0.358. The quantitative estimate of drug-likeness (QED) is 0.686. The third-order valence-electron chi connectivity index (χ3n) is 2.97. The lowest BCUT2D eigenvalue weighted by Crippen LogP contribution is -2.48. The highest BCUT2D eigenvalue weighted by molar-refractivity contribution is 5.77. The normalized spacial score (nSPS) is 22.7. The van der Waals surface area contributed by atoms with Crippen molar-refractivity contribution in [2.45, 2.75) is 25.8 Å². The topological polar surface area (TPSA) is 32.8 Å². The lowest BCUT2D eigenvalue weighted by Gasteiger charge is -2.35. The van der Waals surface area contributed by atoms with Gasteiger partial charge < -0.3 is 14.5 Å². The molecule has 0 aromatic carbocycles. The second-order valence-corrected chi connectivity index (χ2v) is 4.20. The van der Waals surface area contributed by atoms with Crippen molar-refractivity contribution in [1.29, 1.82) is 0 Å². The molecule has 0 spiro atoms. The van der Waals surface area contributed by atoms with Crippen LogP contribution in [0.1, 0.15) is 19.8 Å². The summed E-state index contributed by atoms with van der Waals surface area (Å²) in [7, 11) is 3.98. The van der Waals surface area contributed by atoms with Gasteiger partial charge in [0.05, 0.1) is 0 Å². The van der Waals surface area contributed by atoms with Crippen molar-refractivity contribution in [3.05, 3.63) is 0 Å². The van der Waals surface area contributed by atoms with Gasteiger partial charge in [-0.2, -0.15) is 0 Å². The van der Waals surface area contributed by atoms with Gasteiger partial charge in [-0.05, 0) is 33.4 Å². The molecular formula is C11H22N2O2. The van der Waals surface area contributed by atoms with Crippen molar-refractivity contribution in [2.75, 3.05) is 40.4 Å². The first-order valence-electron chi connectivity index (χ1n) is 5.67. The molecule has 1 amide bonds. The van der Waals surface area contributed by atoms with Crippen molar-refractivity contribution in [3.8, 4) is 0 Å². The van der Waals surface area contributed by atoms with E-state index in [-0.39, 0.29) is 12.5 Å². The van der Waals surface area contributed by atoms with Crippen LogP contribution in [0.15, 0.2) is 0 Å². The average Bonchev–Trinajstić information content (AvgIpc) is 2.24. The van der Waals surface area contributed by atoms with Crippen molar-refractivity contribution in [1.82, 2.24) is 9.80 Å². The molecule has 15 heavy (non-hydrogen) atoms. The van der Waals surface area contributed by atoms with Gasteiger partial charge in [-0.1, -0.05) is 0 Å². The molecule has 0 bridgehead atoms. The van der Waals surface area contributed by atoms with E-state index in [0.717, 1.165) is 19.5 Å². The molecule has 1 aliphatic rings. The Kier molecular flexibility index (Phi) is 5.05. The molecule has 0 radical (unpaired) electrons. The molecule has 0 aromatic rings. The zero-order valence-electron chi connectivity index (χ0n) is 10.0. The van der Waals surface area contributed by atoms with E-state index >= 15 is 0 Å². The lowest BCUT2D eigenvalue weighted by atomic mass is 10.1. The van der Waals surface area contributed by atoms with E-state index in [1.165, 1.54) is 6.42 Å². The van der Waals surface area contributed by atoms with Crippen LogP contribution in [0.3, 0.4) is 0 Å². The van der Waals surface area contributed by atoms with Crippen molar-refractivity contribution in [2.24, 2.45) is 0 Å². The number of piperidine rings is 1. The number of ether oxygens (including phenoxy) is 1. The second-order valence-electron chi connectivity index (χ2n) is 4.20. The SMILES string of the molecule is CCOCC(=O)N(C)C1CCCN(C)C1. The molecule has 0 N–H and O–H groups in total. The molecule has 88 valence electrons. The van der Waals surface area contributed by atoms with Crippen LogP contribution in [0, 0.1) is 0 Å². The number of hydrogen-bond donors (Lipinski definition) is 0. The van der Waals surface area contributed by atoms with Crippen molar-refractivity contribution >= 4 is 5.91 Å². The van der Waals surface area contributed by atoms with Crippen molar-refractivity contribution in [3.63, 3.8) is 0 Å². The van der Waals surface area contributed by atoms with Gasteiger partial charge in [0.1, 0.15) is 6.61 Å². The van der Waals surface area contributed by atoms with E-state index in [1.807, 2.05) is 18.9 Å². The minimum absolute atomic E-state index is 0.0946. The molecule has 0 saturated carbocycles. The van der Waals surface area contributed by atoms with E-state index in [4.69, 9.17) is 4.74 Å². The van der Waals surface area contributed by atoms with E-state index in [1.54, 1.807) is 0 Å². The van der Waals surface area contributed by atoms with E-state index in [2.05, 4.69) is 11.9 Å². The Morgan fingerprint density at radius 2 is 2.33 bits per heavy atom. The van der Waals surface area contributed by atoms with Crippen LogP contribution in [0.25, 0.3) is 0 Å². The van der Waals surface area contributed by atoms with Gasteiger partial charge in [-0.15, -0.1) is 0 Å². The summed E-state index contributed by atoms with van der Waals surface area (Å²) in [6.45, 7) is 4.84. The molecule has 1 unspecified atom stereocenters. The summed E-state index contributed by atoms with van der Waals surface area (Å²) < 4.78 is 5.13. The number of rotatable bonds is 4. The van der Waals surface area contributed by atoms with Gasteiger partial charge in [-0.25, -0.2) is 0 Å². The van der Waals surface area contributed by atoms with Gasteiger partial charge in [0.15, 0.2) is 0 Å². The van der Waals surface area contributed by atoms with Crippen LogP contribution in [0.5, 0.6) is 0 Å². The van der Waals surface area contributed by atoms with Gasteiger partial charge >= 0.3 is 0 Å². The minimum atomic E-state index is 0.0946. The number of amides is 1. The molecule has 1 heterocycles. The molecule has 4 nitrogen and oxygen atoms in total. The summed E-state index contributed by atoms with van der Waals surface area (Å²) >= 11 is 0. The Morgan fingerprint density at radius 3 is 2.93 bits per heavy atom. The first-order chi connectivity index (χ1) is 7.15. The number of nitrogens with zero attached hydrogens (tertiary/aromatic N) is 2. The largest absolute Gasteiger partial charge is 0.372 e. The van der Waals surface area contributed by atoms with Gasteiger partial charge in [0.2, 0.25) is 5.91 Å². The summed E-state index contributed by atoms with van der Waals surface area (Å²) in [4.78, 5) is 15.8. The summed E-state index contributed by atoms with van der Waals surface area (Å²) in [6.07, 6.45) is 2.28. The molecule has 4 heteroatoms.